The lowest BCUT2D eigenvalue weighted by molar-refractivity contribution is 0.259. The van der Waals surface area contributed by atoms with Crippen LogP contribution in [0.5, 0.6) is 0 Å². The Labute approximate surface area is 127 Å². The number of amides is 2. The third kappa shape index (κ3) is 2.34. The van der Waals surface area contributed by atoms with Crippen molar-refractivity contribution in [2.75, 3.05) is 5.32 Å². The summed E-state index contributed by atoms with van der Waals surface area (Å²) in [5.41, 5.74) is 7.43. The fraction of sp³-hybridized carbons (Fsp3) is 0. The number of fused-ring (bicyclic) bond motifs is 1. The number of benzene rings is 2. The van der Waals surface area contributed by atoms with E-state index in [-0.39, 0.29) is 0 Å². The van der Waals surface area contributed by atoms with Crippen LogP contribution in [-0.4, -0.2) is 11.0 Å². The van der Waals surface area contributed by atoms with Gasteiger partial charge in [-0.1, -0.05) is 54.6 Å². The summed E-state index contributed by atoms with van der Waals surface area (Å²) in [6.07, 6.45) is 0. The Balaban J connectivity index is 2.40. The molecule has 0 radical (unpaired) electrons. The number of carbonyl (C=O) groups excluding carboxylic acids is 1. The Hall–Kier alpha value is -3.39. The molecule has 0 aliphatic heterocycles. The first kappa shape index (κ1) is 13.6. The van der Waals surface area contributed by atoms with Gasteiger partial charge in [-0.05, 0) is 0 Å². The fourth-order valence-corrected chi connectivity index (χ4v) is 2.40. The van der Waals surface area contributed by atoms with Gasteiger partial charge in [-0.3, -0.25) is 0 Å². The maximum absolute atomic E-state index is 11.4. The number of nitriles is 1. The first-order valence-electron chi connectivity index (χ1n) is 6.65. The van der Waals surface area contributed by atoms with Crippen LogP contribution < -0.4 is 11.1 Å². The van der Waals surface area contributed by atoms with Gasteiger partial charge in [0.1, 0.15) is 11.8 Å². The molecule has 3 aromatic rings. The highest BCUT2D eigenvalue weighted by atomic mass is 16.2. The van der Waals surface area contributed by atoms with E-state index < -0.39 is 6.03 Å². The standard InChI is InChI=1S/C17H12N4O/c18-10-14-12-8-4-5-9-13(12)16(21-17(19)22)15(20-14)11-6-2-1-3-7-11/h1-9H,(H3,19,21,22). The predicted octanol–water partition coefficient (Wildman–Crippen LogP) is 3.26. The molecule has 1 heterocycles. The van der Waals surface area contributed by atoms with Gasteiger partial charge in [-0.15, -0.1) is 0 Å². The summed E-state index contributed by atoms with van der Waals surface area (Å²) in [6, 6.07) is 18.1. The smallest absolute Gasteiger partial charge is 0.316 e. The first-order valence-corrected chi connectivity index (χ1v) is 6.65. The normalized spacial score (nSPS) is 10.1. The van der Waals surface area contributed by atoms with E-state index in [1.807, 2.05) is 48.5 Å². The minimum absolute atomic E-state index is 0.310. The second-order valence-corrected chi connectivity index (χ2v) is 4.70. The number of nitrogens with one attached hydrogen (secondary N) is 1. The van der Waals surface area contributed by atoms with Gasteiger partial charge in [0.05, 0.1) is 11.4 Å². The third-order valence-electron chi connectivity index (χ3n) is 3.31. The van der Waals surface area contributed by atoms with E-state index in [0.29, 0.717) is 22.5 Å². The van der Waals surface area contributed by atoms with E-state index in [1.54, 1.807) is 6.07 Å². The zero-order valence-corrected chi connectivity index (χ0v) is 11.6. The van der Waals surface area contributed by atoms with Gasteiger partial charge in [0.2, 0.25) is 0 Å². The molecule has 5 nitrogen and oxygen atoms in total. The Bertz CT molecular complexity index is 898. The summed E-state index contributed by atoms with van der Waals surface area (Å²) in [7, 11) is 0. The summed E-state index contributed by atoms with van der Waals surface area (Å²) in [5.74, 6) is 0. The second kappa shape index (κ2) is 5.54. The first-order chi connectivity index (χ1) is 10.7. The van der Waals surface area contributed by atoms with Gasteiger partial charge in [-0.25, -0.2) is 9.78 Å². The van der Waals surface area contributed by atoms with Gasteiger partial charge in [0.15, 0.2) is 0 Å². The quantitative estimate of drug-likeness (QED) is 0.758. The molecule has 0 saturated carbocycles. The lowest BCUT2D eigenvalue weighted by Gasteiger charge is -2.13. The van der Waals surface area contributed by atoms with Crippen molar-refractivity contribution >= 4 is 22.5 Å². The van der Waals surface area contributed by atoms with Gasteiger partial charge in [-0.2, -0.15) is 5.26 Å². The molecule has 1 aromatic heterocycles. The molecule has 0 saturated heterocycles. The number of pyridine rings is 1. The van der Waals surface area contributed by atoms with Crippen LogP contribution in [0.3, 0.4) is 0 Å². The average molecular weight is 288 g/mol. The van der Waals surface area contributed by atoms with Crippen LogP contribution in [0.25, 0.3) is 22.0 Å². The molecule has 0 atom stereocenters. The summed E-state index contributed by atoms with van der Waals surface area (Å²) in [4.78, 5) is 15.8. The van der Waals surface area contributed by atoms with Crippen molar-refractivity contribution in [3.63, 3.8) is 0 Å². The van der Waals surface area contributed by atoms with Crippen molar-refractivity contribution in [3.05, 3.63) is 60.3 Å². The largest absolute Gasteiger partial charge is 0.351 e. The van der Waals surface area contributed by atoms with E-state index in [0.717, 1.165) is 10.9 Å². The molecule has 3 N–H and O–H groups in total. The number of urea groups is 1. The summed E-state index contributed by atoms with van der Waals surface area (Å²) < 4.78 is 0. The van der Waals surface area contributed by atoms with Crippen molar-refractivity contribution in [3.8, 4) is 17.3 Å². The van der Waals surface area contributed by atoms with Gasteiger partial charge < -0.3 is 11.1 Å². The molecule has 0 bridgehead atoms. The summed E-state index contributed by atoms with van der Waals surface area (Å²) in [5, 5.41) is 13.4. The van der Waals surface area contributed by atoms with Gasteiger partial charge in [0, 0.05) is 16.3 Å². The zero-order chi connectivity index (χ0) is 15.5. The number of carbonyl (C=O) groups is 1. The van der Waals surface area contributed by atoms with Crippen molar-refractivity contribution < 1.29 is 4.79 Å². The number of hydrogen-bond acceptors (Lipinski definition) is 3. The minimum atomic E-state index is -0.672. The van der Waals surface area contributed by atoms with Crippen molar-refractivity contribution in [1.29, 1.82) is 5.26 Å². The van der Waals surface area contributed by atoms with Crippen LogP contribution in [0.4, 0.5) is 10.5 Å². The van der Waals surface area contributed by atoms with E-state index in [9.17, 15) is 10.1 Å². The predicted molar refractivity (Wildman–Crippen MR) is 85.1 cm³/mol. The van der Waals surface area contributed by atoms with Crippen LogP contribution in [0, 0.1) is 11.3 Å². The number of anilines is 1. The minimum Gasteiger partial charge on any atom is -0.351 e. The fourth-order valence-electron chi connectivity index (χ4n) is 2.40. The third-order valence-corrected chi connectivity index (χ3v) is 3.31. The van der Waals surface area contributed by atoms with E-state index >= 15 is 0 Å². The maximum Gasteiger partial charge on any atom is 0.316 e. The second-order valence-electron chi connectivity index (χ2n) is 4.70. The average Bonchev–Trinajstić information content (AvgIpc) is 2.55. The molecule has 22 heavy (non-hydrogen) atoms. The highest BCUT2D eigenvalue weighted by molar-refractivity contribution is 6.07. The topological polar surface area (TPSA) is 91.8 Å². The Morgan fingerprint density at radius 2 is 1.68 bits per heavy atom. The zero-order valence-electron chi connectivity index (χ0n) is 11.6. The van der Waals surface area contributed by atoms with Crippen LogP contribution >= 0.6 is 0 Å². The highest BCUT2D eigenvalue weighted by Gasteiger charge is 2.16. The monoisotopic (exact) mass is 288 g/mol. The molecule has 0 spiro atoms. The number of aromatic nitrogens is 1. The molecule has 3 rings (SSSR count). The van der Waals surface area contributed by atoms with Crippen molar-refractivity contribution in [2.24, 2.45) is 5.73 Å². The lowest BCUT2D eigenvalue weighted by atomic mass is 10.0. The molecule has 106 valence electrons. The summed E-state index contributed by atoms with van der Waals surface area (Å²) in [6.45, 7) is 0. The van der Waals surface area contributed by atoms with Crippen LogP contribution in [-0.2, 0) is 0 Å². The SMILES string of the molecule is N#Cc1nc(-c2ccccc2)c(NC(N)=O)c2ccccc12. The van der Waals surface area contributed by atoms with Gasteiger partial charge in [0.25, 0.3) is 0 Å². The van der Waals surface area contributed by atoms with E-state index in [1.165, 1.54) is 0 Å². The molecule has 5 heteroatoms. The Morgan fingerprint density at radius 1 is 1.05 bits per heavy atom. The van der Waals surface area contributed by atoms with Crippen molar-refractivity contribution in [2.45, 2.75) is 0 Å². The van der Waals surface area contributed by atoms with E-state index in [4.69, 9.17) is 5.73 Å². The number of primary amides is 1. The molecule has 0 aliphatic rings. The molecule has 0 aliphatic carbocycles. The molecule has 0 unspecified atom stereocenters. The van der Waals surface area contributed by atoms with Crippen LogP contribution in [0.2, 0.25) is 0 Å². The Morgan fingerprint density at radius 3 is 2.32 bits per heavy atom. The Kier molecular flexibility index (Phi) is 3.42. The number of hydrogen-bond donors (Lipinski definition) is 2. The number of nitrogens with zero attached hydrogens (tertiary/aromatic N) is 2. The van der Waals surface area contributed by atoms with E-state index in [2.05, 4.69) is 16.4 Å². The lowest BCUT2D eigenvalue weighted by Crippen LogP contribution is -2.20. The van der Waals surface area contributed by atoms with Crippen molar-refractivity contribution in [1.82, 2.24) is 4.98 Å². The molecule has 2 amide bonds. The molecule has 0 fully saturated rings. The van der Waals surface area contributed by atoms with Crippen LogP contribution in [0.1, 0.15) is 5.69 Å². The highest BCUT2D eigenvalue weighted by Crippen LogP contribution is 2.34. The number of rotatable bonds is 2. The summed E-state index contributed by atoms with van der Waals surface area (Å²) >= 11 is 0. The molecular weight excluding hydrogens is 276 g/mol. The maximum atomic E-state index is 11.4. The van der Waals surface area contributed by atoms with Gasteiger partial charge >= 0.3 is 6.03 Å². The molecule has 2 aromatic carbocycles. The molecular formula is C17H12N4O. The number of nitrogens with two attached hydrogens (primary N) is 1. The van der Waals surface area contributed by atoms with Crippen LogP contribution in [0.15, 0.2) is 54.6 Å².